The second-order valence-corrected chi connectivity index (χ2v) is 12.3. The molecule has 5 aromatic carbocycles. The largest absolute Gasteiger partial charge is 0.494 e. The predicted molar refractivity (Wildman–Crippen MR) is 191 cm³/mol. The van der Waals surface area contributed by atoms with Gasteiger partial charge in [-0.15, -0.1) is 0 Å². The molecule has 2 heterocycles. The molecule has 4 N–H and O–H groups in total. The normalized spacial score (nSPS) is 11.1. The molecule has 0 saturated carbocycles. The third-order valence-electron chi connectivity index (χ3n) is 7.69. The van der Waals surface area contributed by atoms with Crippen molar-refractivity contribution in [3.8, 4) is 23.1 Å². The highest BCUT2D eigenvalue weighted by atomic mass is 32.1. The second-order valence-electron chi connectivity index (χ2n) is 10.9. The van der Waals surface area contributed by atoms with Crippen LogP contribution in [0.1, 0.15) is 16.3 Å². The lowest BCUT2D eigenvalue weighted by Gasteiger charge is -2.13. The number of thiazole rings is 1. The van der Waals surface area contributed by atoms with Gasteiger partial charge in [0.05, 0.1) is 15.9 Å². The Kier molecular flexibility index (Phi) is 8.30. The quantitative estimate of drug-likeness (QED) is 0.116. The van der Waals surface area contributed by atoms with E-state index in [0.29, 0.717) is 33.7 Å². The van der Waals surface area contributed by atoms with Gasteiger partial charge in [0, 0.05) is 36.3 Å². The number of ether oxygens (including phenoxy) is 2. The Bertz CT molecular complexity index is 2270. The average molecular weight is 660 g/mol. The topological polar surface area (TPSA) is 113 Å². The molecular weight excluding hydrogens is 631 g/mol. The Morgan fingerprint density at radius 2 is 1.66 bits per heavy atom. The summed E-state index contributed by atoms with van der Waals surface area (Å²) < 4.78 is 14.2. The van der Waals surface area contributed by atoms with Crippen LogP contribution in [0.5, 0.6) is 23.1 Å². The van der Waals surface area contributed by atoms with E-state index in [2.05, 4.69) is 33.8 Å². The van der Waals surface area contributed by atoms with Crippen LogP contribution in [0.3, 0.4) is 0 Å². The van der Waals surface area contributed by atoms with E-state index >= 15 is 0 Å². The van der Waals surface area contributed by atoms with Crippen LogP contribution < -0.4 is 25.0 Å². The number of hydrogen-bond acceptors (Lipinski definition) is 7. The van der Waals surface area contributed by atoms with Crippen molar-refractivity contribution in [2.45, 2.75) is 13.0 Å². The van der Waals surface area contributed by atoms with Gasteiger partial charge in [-0.1, -0.05) is 59.9 Å². The Morgan fingerprint density at radius 3 is 2.45 bits per heavy atom. The molecule has 0 unspecified atom stereocenters. The Labute approximate surface area is 279 Å². The smallest absolute Gasteiger partial charge is 0.307 e. The van der Waals surface area contributed by atoms with Crippen molar-refractivity contribution in [3.63, 3.8) is 0 Å². The summed E-state index contributed by atoms with van der Waals surface area (Å²) in [5.41, 5.74) is 4.51. The van der Waals surface area contributed by atoms with E-state index in [1.807, 2.05) is 103 Å². The molecule has 0 fully saturated rings. The number of nitrogens with one attached hydrogen (secondary N) is 3. The maximum absolute atomic E-state index is 11.4. The Balaban J connectivity index is 0.957. The number of aryl methyl sites for hydroxylation is 1. The minimum absolute atomic E-state index is 0.0759. The first-order valence-corrected chi connectivity index (χ1v) is 16.0. The van der Waals surface area contributed by atoms with Gasteiger partial charge in [0.1, 0.15) is 29.7 Å². The maximum atomic E-state index is 11.4. The van der Waals surface area contributed by atoms with Gasteiger partial charge in [-0.3, -0.25) is 9.78 Å². The molecule has 0 aliphatic heterocycles. The number of hydrogen-bond donors (Lipinski definition) is 4. The highest BCUT2D eigenvalue weighted by Crippen LogP contribution is 2.28. The molecule has 0 amide bonds. The summed E-state index contributed by atoms with van der Waals surface area (Å²) in [6.07, 6.45) is 0.462. The minimum Gasteiger partial charge on any atom is -0.494 e. The molecule has 7 rings (SSSR count). The number of aromatic nitrogens is 3. The van der Waals surface area contributed by atoms with Crippen LogP contribution in [0.15, 0.2) is 114 Å². The van der Waals surface area contributed by atoms with E-state index < -0.39 is 0 Å². The van der Waals surface area contributed by atoms with Crippen molar-refractivity contribution >= 4 is 61.8 Å². The molecule has 0 saturated heterocycles. The van der Waals surface area contributed by atoms with E-state index in [0.717, 1.165) is 55.9 Å². The first-order valence-electron chi connectivity index (χ1n) is 14.8. The molecule has 0 atom stereocenters. The summed E-state index contributed by atoms with van der Waals surface area (Å²) in [5.74, 6) is 2.77. The summed E-state index contributed by atoms with van der Waals surface area (Å²) in [6.45, 7) is 0.284. The highest BCUT2D eigenvalue weighted by Gasteiger charge is 2.12. The van der Waals surface area contributed by atoms with Crippen molar-refractivity contribution in [1.29, 1.82) is 0 Å². The van der Waals surface area contributed by atoms with E-state index in [1.54, 1.807) is 0 Å². The fraction of sp³-hybridized carbons (Fsp3) is 0.0833. The summed E-state index contributed by atoms with van der Waals surface area (Å²) in [5, 5.41) is 19.1. The van der Waals surface area contributed by atoms with Gasteiger partial charge in [0.25, 0.3) is 0 Å². The van der Waals surface area contributed by atoms with E-state index in [4.69, 9.17) is 26.7 Å². The van der Waals surface area contributed by atoms with Gasteiger partial charge < -0.3 is 29.8 Å². The van der Waals surface area contributed by atoms with Crippen LogP contribution in [-0.2, 0) is 20.1 Å². The molecule has 9 nitrogen and oxygen atoms in total. The van der Waals surface area contributed by atoms with Crippen LogP contribution in [0, 0.1) is 0 Å². The lowest BCUT2D eigenvalue weighted by molar-refractivity contribution is 0.292. The molecule has 0 bridgehead atoms. The SMILES string of the molecule is Cn1c(COc2ccc(Cc3sc(=O)[nH]c3O)cc2)nc2ccc(Oc3ccc(NC(=S)Nc4cccc5ccccc45)cc3)cc21. The van der Waals surface area contributed by atoms with Crippen molar-refractivity contribution in [3.05, 3.63) is 135 Å². The molecular formula is C36H29N5O4S2. The van der Waals surface area contributed by atoms with Crippen LogP contribution in [0.4, 0.5) is 11.4 Å². The van der Waals surface area contributed by atoms with E-state index in [-0.39, 0.29) is 17.4 Å². The molecule has 234 valence electrons. The maximum Gasteiger partial charge on any atom is 0.307 e. The average Bonchev–Trinajstić information content (AvgIpc) is 3.57. The monoisotopic (exact) mass is 659 g/mol. The molecule has 0 spiro atoms. The lowest BCUT2D eigenvalue weighted by Crippen LogP contribution is -2.19. The zero-order valence-corrected chi connectivity index (χ0v) is 26.8. The van der Waals surface area contributed by atoms with Gasteiger partial charge >= 0.3 is 4.87 Å². The summed E-state index contributed by atoms with van der Waals surface area (Å²) >= 11 is 6.58. The predicted octanol–water partition coefficient (Wildman–Crippen LogP) is 7.95. The molecule has 0 aliphatic carbocycles. The van der Waals surface area contributed by atoms with Crippen molar-refractivity contribution in [1.82, 2.24) is 14.5 Å². The first kappa shape index (κ1) is 30.0. The number of H-pyrrole nitrogens is 1. The third kappa shape index (κ3) is 6.81. The highest BCUT2D eigenvalue weighted by molar-refractivity contribution is 7.80. The van der Waals surface area contributed by atoms with Gasteiger partial charge in [0.2, 0.25) is 5.88 Å². The van der Waals surface area contributed by atoms with Gasteiger partial charge in [-0.25, -0.2) is 4.98 Å². The molecule has 47 heavy (non-hydrogen) atoms. The zero-order valence-electron chi connectivity index (χ0n) is 25.2. The fourth-order valence-electron chi connectivity index (χ4n) is 5.28. The standard InChI is InChI=1S/C36H29N5O4S2/c1-41-31-20-27(45-26-15-11-24(12-16-26)37-35(46)39-29-8-4-6-23-5-2-3-7-28(23)29)17-18-30(31)38-33(41)21-44-25-13-9-22(10-14-25)19-32-34(42)40-36(43)47-32/h2-18,20,42H,19,21H2,1H3,(H,40,43)(H2,37,39,46). The van der Waals surface area contributed by atoms with E-state index in [9.17, 15) is 9.90 Å². The minimum atomic E-state index is -0.270. The molecule has 0 radical (unpaired) electrons. The van der Waals surface area contributed by atoms with Gasteiger partial charge in [0.15, 0.2) is 5.11 Å². The fourth-order valence-corrected chi connectivity index (χ4v) is 6.27. The van der Waals surface area contributed by atoms with Gasteiger partial charge in [-0.05, 0) is 77.8 Å². The number of aromatic amines is 1. The van der Waals surface area contributed by atoms with Crippen LogP contribution in [0.25, 0.3) is 21.8 Å². The number of imidazole rings is 1. The molecule has 0 aliphatic rings. The number of rotatable bonds is 9. The molecule has 11 heteroatoms. The number of benzene rings is 5. The Hall–Kier alpha value is -5.65. The summed E-state index contributed by atoms with van der Waals surface area (Å²) in [4.78, 5) is 18.9. The van der Waals surface area contributed by atoms with Crippen molar-refractivity contribution in [2.75, 3.05) is 10.6 Å². The van der Waals surface area contributed by atoms with Crippen molar-refractivity contribution < 1.29 is 14.6 Å². The van der Waals surface area contributed by atoms with E-state index in [1.165, 1.54) is 0 Å². The van der Waals surface area contributed by atoms with Crippen LogP contribution >= 0.6 is 23.6 Å². The number of nitrogens with zero attached hydrogens (tertiary/aromatic N) is 2. The first-order chi connectivity index (χ1) is 22.9. The lowest BCUT2D eigenvalue weighted by atomic mass is 10.1. The van der Waals surface area contributed by atoms with Crippen LogP contribution in [0.2, 0.25) is 0 Å². The molecule has 7 aromatic rings. The zero-order chi connectivity index (χ0) is 32.3. The Morgan fingerprint density at radius 1 is 0.915 bits per heavy atom. The number of thiocarbonyl (C=S) groups is 1. The number of anilines is 2. The van der Waals surface area contributed by atoms with Gasteiger partial charge in [-0.2, -0.15) is 0 Å². The molecule has 2 aromatic heterocycles. The van der Waals surface area contributed by atoms with Crippen LogP contribution in [-0.4, -0.2) is 24.8 Å². The number of aromatic hydroxyl groups is 1. The summed E-state index contributed by atoms with van der Waals surface area (Å²) in [6, 6.07) is 35.2. The number of fused-ring (bicyclic) bond motifs is 2. The summed E-state index contributed by atoms with van der Waals surface area (Å²) in [7, 11) is 1.95. The third-order valence-corrected chi connectivity index (χ3v) is 8.76. The van der Waals surface area contributed by atoms with Crippen molar-refractivity contribution in [2.24, 2.45) is 7.05 Å². The second kappa shape index (κ2) is 13.0.